The second-order valence-electron chi connectivity index (χ2n) is 8.40. The lowest BCUT2D eigenvalue weighted by atomic mass is 10.1. The van der Waals surface area contributed by atoms with Gasteiger partial charge in [0, 0.05) is 37.8 Å². The number of hydrogen-bond acceptors (Lipinski definition) is 7. The van der Waals surface area contributed by atoms with E-state index in [-0.39, 0.29) is 17.9 Å². The van der Waals surface area contributed by atoms with Crippen LogP contribution >= 0.6 is 11.6 Å². The minimum Gasteiger partial charge on any atom is -0.480 e. The molecule has 9 nitrogen and oxygen atoms in total. The van der Waals surface area contributed by atoms with E-state index in [2.05, 4.69) is 32.1 Å². The number of aromatic nitrogens is 2. The Kier molecular flexibility index (Phi) is 7.52. The molecule has 0 aliphatic carbocycles. The first-order chi connectivity index (χ1) is 16.5. The van der Waals surface area contributed by atoms with Crippen LogP contribution in [0.4, 0.5) is 17.3 Å². The maximum atomic E-state index is 13.3. The molecule has 2 amide bonds. The van der Waals surface area contributed by atoms with Gasteiger partial charge in [0.25, 0.3) is 5.91 Å². The van der Waals surface area contributed by atoms with Gasteiger partial charge < -0.3 is 25.2 Å². The van der Waals surface area contributed by atoms with Crippen LogP contribution in [0.25, 0.3) is 0 Å². The van der Waals surface area contributed by atoms with Crippen LogP contribution in [0.5, 0.6) is 5.88 Å². The van der Waals surface area contributed by atoms with E-state index in [1.54, 1.807) is 12.1 Å². The smallest absolute Gasteiger partial charge is 0.254 e. The Morgan fingerprint density at radius 3 is 2.76 bits per heavy atom. The van der Waals surface area contributed by atoms with Crippen molar-refractivity contribution >= 4 is 40.7 Å². The van der Waals surface area contributed by atoms with Crippen molar-refractivity contribution in [3.8, 4) is 5.88 Å². The molecule has 1 atom stereocenters. The average Bonchev–Trinajstić information content (AvgIpc) is 3.33. The maximum absolute atomic E-state index is 13.3. The van der Waals surface area contributed by atoms with E-state index in [0.29, 0.717) is 41.2 Å². The van der Waals surface area contributed by atoms with Gasteiger partial charge in [-0.05, 0) is 50.0 Å². The maximum Gasteiger partial charge on any atom is 0.254 e. The second-order valence-corrected chi connectivity index (χ2v) is 8.81. The first-order valence-electron chi connectivity index (χ1n) is 11.4. The first-order valence-corrected chi connectivity index (χ1v) is 11.8. The predicted molar refractivity (Wildman–Crippen MR) is 133 cm³/mol. The number of piperidine rings is 1. The molecule has 2 saturated heterocycles. The van der Waals surface area contributed by atoms with Gasteiger partial charge in [-0.3, -0.25) is 9.59 Å². The fraction of sp³-hybridized carbons (Fsp3) is 0.417. The van der Waals surface area contributed by atoms with Crippen LogP contribution in [-0.4, -0.2) is 66.0 Å². The molecule has 4 rings (SSSR count). The minimum absolute atomic E-state index is 0.0162. The van der Waals surface area contributed by atoms with Crippen LogP contribution in [0, 0.1) is 0 Å². The highest BCUT2D eigenvalue weighted by Gasteiger charge is 2.28. The van der Waals surface area contributed by atoms with Crippen LogP contribution in [0.15, 0.2) is 37.1 Å². The average molecular weight is 485 g/mol. The van der Waals surface area contributed by atoms with Gasteiger partial charge in [0.15, 0.2) is 0 Å². The van der Waals surface area contributed by atoms with Gasteiger partial charge in [-0.25, -0.2) is 4.98 Å². The number of ether oxygens (including phenoxy) is 1. The highest BCUT2D eigenvalue weighted by molar-refractivity contribution is 6.31. The van der Waals surface area contributed by atoms with E-state index in [1.165, 1.54) is 25.8 Å². The van der Waals surface area contributed by atoms with Crippen molar-refractivity contribution in [2.45, 2.75) is 31.7 Å². The Morgan fingerprint density at radius 2 is 2.03 bits per heavy atom. The Balaban J connectivity index is 1.47. The van der Waals surface area contributed by atoms with Crippen molar-refractivity contribution in [3.63, 3.8) is 0 Å². The number of halogens is 1. The van der Waals surface area contributed by atoms with Gasteiger partial charge in [-0.15, -0.1) is 0 Å². The van der Waals surface area contributed by atoms with Gasteiger partial charge in [0.1, 0.15) is 5.02 Å². The molecule has 0 bridgehead atoms. The van der Waals surface area contributed by atoms with E-state index in [9.17, 15) is 9.59 Å². The van der Waals surface area contributed by atoms with E-state index < -0.39 is 0 Å². The van der Waals surface area contributed by atoms with Gasteiger partial charge in [-0.2, -0.15) is 4.98 Å². The molecule has 0 spiro atoms. The number of hydrogen-bond donors (Lipinski definition) is 2. The van der Waals surface area contributed by atoms with Crippen LogP contribution in [0.1, 0.15) is 36.0 Å². The minimum atomic E-state index is -0.271. The highest BCUT2D eigenvalue weighted by Crippen LogP contribution is 2.31. The quantitative estimate of drug-likeness (QED) is 0.579. The summed E-state index contributed by atoms with van der Waals surface area (Å²) in [6.07, 6.45) is 6.87. The SMILES string of the molecule is C=CC(=O)Nc1ccc(C(=O)N2CC[C@@H](Nc3ncc(Cl)c(OC)n3)C2)cc1N1CCCCC1. The van der Waals surface area contributed by atoms with E-state index in [4.69, 9.17) is 16.3 Å². The summed E-state index contributed by atoms with van der Waals surface area (Å²) in [5.74, 6) is 0.403. The highest BCUT2D eigenvalue weighted by atomic mass is 35.5. The van der Waals surface area contributed by atoms with E-state index in [1.807, 2.05) is 11.0 Å². The predicted octanol–water partition coefficient (Wildman–Crippen LogP) is 3.58. The zero-order chi connectivity index (χ0) is 24.1. The third-order valence-electron chi connectivity index (χ3n) is 6.10. The third kappa shape index (κ3) is 5.41. The Morgan fingerprint density at radius 1 is 1.24 bits per heavy atom. The number of carbonyl (C=O) groups excluding carboxylic acids is 2. The molecule has 2 aromatic rings. The summed E-state index contributed by atoms with van der Waals surface area (Å²) in [6.45, 7) is 6.48. The second kappa shape index (κ2) is 10.7. The lowest BCUT2D eigenvalue weighted by Gasteiger charge is -2.31. The zero-order valence-electron chi connectivity index (χ0n) is 19.2. The zero-order valence-corrected chi connectivity index (χ0v) is 20.0. The molecule has 0 unspecified atom stereocenters. The summed E-state index contributed by atoms with van der Waals surface area (Å²) in [6, 6.07) is 5.48. The van der Waals surface area contributed by atoms with Gasteiger partial charge in [-0.1, -0.05) is 18.2 Å². The van der Waals surface area contributed by atoms with Crippen LogP contribution < -0.4 is 20.3 Å². The van der Waals surface area contributed by atoms with E-state index in [0.717, 1.165) is 38.0 Å². The number of carbonyl (C=O) groups is 2. The molecule has 0 saturated carbocycles. The number of methoxy groups -OCH3 is 1. The van der Waals surface area contributed by atoms with Gasteiger partial charge in [0.2, 0.25) is 17.7 Å². The molecule has 1 aromatic carbocycles. The fourth-order valence-corrected chi connectivity index (χ4v) is 4.51. The summed E-state index contributed by atoms with van der Waals surface area (Å²) < 4.78 is 5.15. The molecular formula is C24H29ClN6O3. The lowest BCUT2D eigenvalue weighted by molar-refractivity contribution is -0.111. The summed E-state index contributed by atoms with van der Waals surface area (Å²) in [5.41, 5.74) is 2.16. The number of amides is 2. The normalized spacial score (nSPS) is 17.9. The first kappa shape index (κ1) is 23.8. The molecule has 2 aliphatic heterocycles. The molecule has 2 aliphatic rings. The topological polar surface area (TPSA) is 99.7 Å². The van der Waals surface area contributed by atoms with Gasteiger partial charge >= 0.3 is 0 Å². The molecule has 180 valence electrons. The van der Waals surface area contributed by atoms with Crippen molar-refractivity contribution < 1.29 is 14.3 Å². The molecule has 2 N–H and O–H groups in total. The molecule has 10 heteroatoms. The molecule has 34 heavy (non-hydrogen) atoms. The van der Waals surface area contributed by atoms with Crippen LogP contribution in [0.3, 0.4) is 0 Å². The van der Waals surface area contributed by atoms with Crippen LogP contribution in [-0.2, 0) is 4.79 Å². The van der Waals surface area contributed by atoms with Crippen molar-refractivity contribution in [3.05, 3.63) is 47.6 Å². The third-order valence-corrected chi connectivity index (χ3v) is 6.36. The van der Waals surface area contributed by atoms with Crippen molar-refractivity contribution in [2.75, 3.05) is 48.8 Å². The lowest BCUT2D eigenvalue weighted by Crippen LogP contribution is -2.33. The molecule has 2 fully saturated rings. The van der Waals surface area contributed by atoms with Crippen LogP contribution in [0.2, 0.25) is 5.02 Å². The number of nitrogens with one attached hydrogen (secondary N) is 2. The fourth-order valence-electron chi connectivity index (χ4n) is 4.34. The Labute approximate surface area is 204 Å². The monoisotopic (exact) mass is 484 g/mol. The summed E-state index contributed by atoms with van der Waals surface area (Å²) in [5, 5.41) is 6.47. The summed E-state index contributed by atoms with van der Waals surface area (Å²) in [7, 11) is 1.50. The number of rotatable bonds is 7. The number of anilines is 3. The number of nitrogens with zero attached hydrogens (tertiary/aromatic N) is 4. The Bertz CT molecular complexity index is 1070. The van der Waals surface area contributed by atoms with Crippen molar-refractivity contribution in [2.24, 2.45) is 0 Å². The molecule has 1 aromatic heterocycles. The van der Waals surface area contributed by atoms with Crippen molar-refractivity contribution in [1.29, 1.82) is 0 Å². The molecular weight excluding hydrogens is 456 g/mol. The van der Waals surface area contributed by atoms with Gasteiger partial charge in [0.05, 0.1) is 24.7 Å². The number of benzene rings is 1. The number of likely N-dealkylation sites (tertiary alicyclic amines) is 1. The molecule has 3 heterocycles. The Hall–Kier alpha value is -3.33. The summed E-state index contributed by atoms with van der Waals surface area (Å²) >= 11 is 6.00. The van der Waals surface area contributed by atoms with Crippen molar-refractivity contribution in [1.82, 2.24) is 14.9 Å². The molecule has 0 radical (unpaired) electrons. The van der Waals surface area contributed by atoms with E-state index >= 15 is 0 Å². The standard InChI is InChI=1S/C24H29ClN6O3/c1-3-21(32)28-19-8-7-16(13-20(19)30-10-5-4-6-11-30)23(33)31-12-9-17(15-31)27-24-26-14-18(25)22(29-24)34-2/h3,7-8,13-14,17H,1,4-6,9-12,15H2,2H3,(H,28,32)(H,26,27,29)/t17-/m1/s1. The summed E-state index contributed by atoms with van der Waals surface area (Å²) in [4.78, 5) is 37.8. The largest absolute Gasteiger partial charge is 0.480 e.